The summed E-state index contributed by atoms with van der Waals surface area (Å²) in [5.41, 5.74) is 3.08. The van der Waals surface area contributed by atoms with Crippen LogP contribution in [0.15, 0.2) is 18.2 Å². The lowest BCUT2D eigenvalue weighted by molar-refractivity contribution is 0.377. The van der Waals surface area contributed by atoms with Gasteiger partial charge in [0.25, 0.3) is 0 Å². The zero-order valence-corrected chi connectivity index (χ0v) is 11.0. The van der Waals surface area contributed by atoms with Gasteiger partial charge in [0.1, 0.15) is 5.75 Å². The minimum atomic E-state index is 0.284. The fraction of sp³-hybridized carbons (Fsp3) is 0.600. The average Bonchev–Trinajstić information content (AvgIpc) is 2.33. The Kier molecular flexibility index (Phi) is 4.40. The van der Waals surface area contributed by atoms with E-state index in [0.717, 1.165) is 6.42 Å². The van der Waals surface area contributed by atoms with E-state index in [1.165, 1.54) is 30.4 Å². The van der Waals surface area contributed by atoms with Crippen LogP contribution in [0.25, 0.3) is 0 Å². The van der Waals surface area contributed by atoms with Gasteiger partial charge in [-0.2, -0.15) is 0 Å². The van der Waals surface area contributed by atoms with Crippen molar-refractivity contribution in [3.8, 4) is 5.75 Å². The van der Waals surface area contributed by atoms with E-state index in [2.05, 4.69) is 19.9 Å². The number of benzene rings is 1. The van der Waals surface area contributed by atoms with Crippen LogP contribution in [0.1, 0.15) is 58.1 Å². The maximum Gasteiger partial charge on any atom is 0.115 e. The van der Waals surface area contributed by atoms with E-state index in [1.54, 1.807) is 6.07 Å². The first-order valence-corrected chi connectivity index (χ1v) is 6.48. The van der Waals surface area contributed by atoms with Crippen molar-refractivity contribution in [3.63, 3.8) is 0 Å². The summed E-state index contributed by atoms with van der Waals surface area (Å²) in [5.74, 6) is 0.408. The number of phenolic OH excluding ortho intramolecular Hbond substituents is 1. The highest BCUT2D eigenvalue weighted by Crippen LogP contribution is 2.40. The van der Waals surface area contributed by atoms with Crippen LogP contribution in [-0.2, 0) is 11.8 Å². The second-order valence-electron chi connectivity index (χ2n) is 4.61. The van der Waals surface area contributed by atoms with Gasteiger partial charge in [0, 0.05) is 0 Å². The van der Waals surface area contributed by atoms with Crippen LogP contribution in [0.4, 0.5) is 0 Å². The van der Waals surface area contributed by atoms with Crippen LogP contribution in [-0.4, -0.2) is 5.11 Å². The summed E-state index contributed by atoms with van der Waals surface area (Å²) in [4.78, 5) is 0. The van der Waals surface area contributed by atoms with Gasteiger partial charge in [0.05, 0.1) is 0 Å². The maximum atomic E-state index is 9.52. The van der Waals surface area contributed by atoms with Crippen molar-refractivity contribution in [2.45, 2.75) is 58.8 Å². The van der Waals surface area contributed by atoms with Crippen LogP contribution in [0, 0.1) is 0 Å². The second-order valence-corrected chi connectivity index (χ2v) is 4.61. The van der Waals surface area contributed by atoms with Crippen molar-refractivity contribution in [2.24, 2.45) is 0 Å². The van der Waals surface area contributed by atoms with Gasteiger partial charge in [-0.25, -0.2) is 0 Å². The van der Waals surface area contributed by atoms with E-state index in [9.17, 15) is 5.11 Å². The molecule has 0 aliphatic heterocycles. The summed E-state index contributed by atoms with van der Waals surface area (Å²) in [6.07, 6.45) is 4.86. The molecule has 1 atom stereocenters. The molecule has 0 saturated carbocycles. The molecule has 1 aliphatic rings. The van der Waals surface area contributed by atoms with Crippen molar-refractivity contribution in [1.82, 2.24) is 0 Å². The lowest BCUT2D eigenvalue weighted by Crippen LogP contribution is -2.26. The highest BCUT2D eigenvalue weighted by atomic mass is 16.3. The molecule has 0 heterocycles. The molecule has 0 spiro atoms. The van der Waals surface area contributed by atoms with Crippen LogP contribution >= 0.6 is 0 Å². The molecule has 1 nitrogen and oxygen atoms in total. The first kappa shape index (κ1) is 13.1. The highest BCUT2D eigenvalue weighted by Gasteiger charge is 2.30. The first-order valence-electron chi connectivity index (χ1n) is 6.48. The van der Waals surface area contributed by atoms with Gasteiger partial charge in [0.15, 0.2) is 0 Å². The fourth-order valence-electron chi connectivity index (χ4n) is 2.52. The second kappa shape index (κ2) is 5.38. The molecule has 0 amide bonds. The third kappa shape index (κ3) is 2.40. The molecule has 1 heteroatoms. The summed E-state index contributed by atoms with van der Waals surface area (Å²) in [7, 11) is 0. The Hall–Kier alpha value is -0.980. The monoisotopic (exact) mass is 220 g/mol. The Labute approximate surface area is 99.5 Å². The van der Waals surface area contributed by atoms with E-state index in [1.807, 2.05) is 19.9 Å². The van der Waals surface area contributed by atoms with Crippen LogP contribution in [0.2, 0.25) is 0 Å². The summed E-state index contributed by atoms with van der Waals surface area (Å²) < 4.78 is 0. The van der Waals surface area contributed by atoms with Gasteiger partial charge < -0.3 is 5.11 Å². The molecule has 1 unspecified atom stereocenters. The minimum Gasteiger partial charge on any atom is -0.508 e. The lowest BCUT2D eigenvalue weighted by Gasteiger charge is -2.35. The predicted molar refractivity (Wildman–Crippen MR) is 70.0 cm³/mol. The first-order chi connectivity index (χ1) is 7.65. The van der Waals surface area contributed by atoms with Crippen LogP contribution in [0.5, 0.6) is 5.75 Å². The molecule has 2 rings (SSSR count). The van der Waals surface area contributed by atoms with Gasteiger partial charge in [-0.05, 0) is 54.4 Å². The summed E-state index contributed by atoms with van der Waals surface area (Å²) in [5, 5.41) is 9.52. The van der Waals surface area contributed by atoms with Gasteiger partial charge in [-0.15, -0.1) is 0 Å². The molecular weight excluding hydrogens is 196 g/mol. The molecule has 0 aromatic heterocycles. The fourth-order valence-corrected chi connectivity index (χ4v) is 2.52. The van der Waals surface area contributed by atoms with E-state index in [0.29, 0.717) is 5.75 Å². The number of aryl methyl sites for hydroxylation is 1. The Morgan fingerprint density at radius 1 is 1.31 bits per heavy atom. The third-order valence-electron chi connectivity index (χ3n) is 3.70. The zero-order valence-electron chi connectivity index (χ0n) is 11.0. The van der Waals surface area contributed by atoms with Crippen LogP contribution in [0.3, 0.4) is 0 Å². The average molecular weight is 220 g/mol. The van der Waals surface area contributed by atoms with Crippen molar-refractivity contribution >= 4 is 0 Å². The minimum absolute atomic E-state index is 0.284. The molecule has 1 aliphatic carbocycles. The molecule has 0 fully saturated rings. The van der Waals surface area contributed by atoms with E-state index >= 15 is 0 Å². The molecule has 0 saturated heterocycles. The van der Waals surface area contributed by atoms with Gasteiger partial charge in [-0.1, -0.05) is 33.8 Å². The Balaban J connectivity index is 0.000000606. The highest BCUT2D eigenvalue weighted by molar-refractivity contribution is 5.41. The third-order valence-corrected chi connectivity index (χ3v) is 3.70. The number of phenols is 1. The lowest BCUT2D eigenvalue weighted by atomic mass is 9.70. The normalized spacial score (nSPS) is 23.0. The van der Waals surface area contributed by atoms with Crippen molar-refractivity contribution in [1.29, 1.82) is 0 Å². The Morgan fingerprint density at radius 2 is 2.00 bits per heavy atom. The van der Waals surface area contributed by atoms with Gasteiger partial charge in [0.2, 0.25) is 0 Å². The standard InChI is InChI=1S/C13H18O.C2H6/c1-3-13(2)8-4-5-10-6-7-11(14)9-12(10)13;1-2/h6-7,9,14H,3-5,8H2,1-2H3;1-2H3. The van der Waals surface area contributed by atoms with Crippen molar-refractivity contribution < 1.29 is 5.11 Å². The van der Waals surface area contributed by atoms with E-state index in [4.69, 9.17) is 0 Å². The Bertz CT molecular complexity index is 343. The molecule has 1 aromatic carbocycles. The van der Waals surface area contributed by atoms with Crippen LogP contribution < -0.4 is 0 Å². The number of hydrogen-bond donors (Lipinski definition) is 1. The number of fused-ring (bicyclic) bond motifs is 1. The SMILES string of the molecule is CC.CCC1(C)CCCc2ccc(O)cc21. The van der Waals surface area contributed by atoms with Crippen molar-refractivity contribution in [3.05, 3.63) is 29.3 Å². The summed E-state index contributed by atoms with van der Waals surface area (Å²) in [6, 6.07) is 5.84. The molecule has 1 aromatic rings. The van der Waals surface area contributed by atoms with Gasteiger partial charge in [-0.3, -0.25) is 0 Å². The van der Waals surface area contributed by atoms with E-state index in [-0.39, 0.29) is 5.41 Å². The molecule has 0 radical (unpaired) electrons. The van der Waals surface area contributed by atoms with Gasteiger partial charge >= 0.3 is 0 Å². The largest absolute Gasteiger partial charge is 0.508 e. The molecule has 1 N–H and O–H groups in total. The smallest absolute Gasteiger partial charge is 0.115 e. The zero-order chi connectivity index (χ0) is 12.2. The molecule has 90 valence electrons. The maximum absolute atomic E-state index is 9.52. The number of aromatic hydroxyl groups is 1. The molecule has 0 bridgehead atoms. The Morgan fingerprint density at radius 3 is 2.62 bits per heavy atom. The number of rotatable bonds is 1. The quantitative estimate of drug-likeness (QED) is 0.742. The summed E-state index contributed by atoms with van der Waals surface area (Å²) in [6.45, 7) is 8.55. The number of hydrogen-bond acceptors (Lipinski definition) is 1. The van der Waals surface area contributed by atoms with E-state index < -0.39 is 0 Å². The summed E-state index contributed by atoms with van der Waals surface area (Å²) >= 11 is 0. The topological polar surface area (TPSA) is 20.2 Å². The van der Waals surface area contributed by atoms with Crippen molar-refractivity contribution in [2.75, 3.05) is 0 Å². The molecular formula is C15H24O. The predicted octanol–water partition coefficient (Wildman–Crippen LogP) is 4.42. The molecule has 16 heavy (non-hydrogen) atoms.